The molecule has 3 rings (SSSR count). The SMILES string of the molecule is Cc1[nH]c2ccc(F)cc2c1CC(=O)NCCc1ccccc1Br. The highest BCUT2D eigenvalue weighted by molar-refractivity contribution is 9.10. The van der Waals surface area contributed by atoms with Crippen molar-refractivity contribution < 1.29 is 9.18 Å². The number of nitrogens with one attached hydrogen (secondary N) is 2. The zero-order valence-electron chi connectivity index (χ0n) is 13.3. The maximum atomic E-state index is 13.5. The molecule has 0 aliphatic heterocycles. The lowest BCUT2D eigenvalue weighted by Crippen LogP contribution is -2.27. The van der Waals surface area contributed by atoms with Gasteiger partial charge in [0.2, 0.25) is 5.91 Å². The van der Waals surface area contributed by atoms with Crippen LogP contribution in [0.4, 0.5) is 4.39 Å². The average Bonchev–Trinajstić information content (AvgIpc) is 2.85. The first-order valence-corrected chi connectivity index (χ1v) is 8.60. The number of H-pyrrole nitrogens is 1. The zero-order valence-corrected chi connectivity index (χ0v) is 14.9. The number of aryl methyl sites for hydroxylation is 1. The summed E-state index contributed by atoms with van der Waals surface area (Å²) in [5.74, 6) is -0.354. The molecule has 0 bridgehead atoms. The summed E-state index contributed by atoms with van der Waals surface area (Å²) in [5.41, 5.74) is 3.76. The first-order chi connectivity index (χ1) is 11.5. The van der Waals surface area contributed by atoms with E-state index in [1.165, 1.54) is 12.1 Å². The van der Waals surface area contributed by atoms with E-state index in [0.717, 1.165) is 38.6 Å². The van der Waals surface area contributed by atoms with E-state index in [-0.39, 0.29) is 18.1 Å². The molecule has 0 aliphatic carbocycles. The summed E-state index contributed by atoms with van der Waals surface area (Å²) in [7, 11) is 0. The van der Waals surface area contributed by atoms with Gasteiger partial charge in [-0.05, 0) is 48.7 Å². The molecule has 1 aromatic heterocycles. The Morgan fingerprint density at radius 2 is 2.04 bits per heavy atom. The third-order valence-corrected chi connectivity index (χ3v) is 4.87. The number of carbonyl (C=O) groups excluding carboxylic acids is 1. The van der Waals surface area contributed by atoms with Gasteiger partial charge >= 0.3 is 0 Å². The lowest BCUT2D eigenvalue weighted by molar-refractivity contribution is -0.120. The quantitative estimate of drug-likeness (QED) is 0.672. The Morgan fingerprint density at radius 3 is 2.83 bits per heavy atom. The summed E-state index contributed by atoms with van der Waals surface area (Å²) in [5, 5.41) is 3.71. The van der Waals surface area contributed by atoms with Crippen LogP contribution in [0.15, 0.2) is 46.9 Å². The molecular weight excluding hydrogens is 371 g/mol. The lowest BCUT2D eigenvalue weighted by atomic mass is 10.1. The van der Waals surface area contributed by atoms with Gasteiger partial charge < -0.3 is 10.3 Å². The fraction of sp³-hybridized carbons (Fsp3) is 0.211. The van der Waals surface area contributed by atoms with Gasteiger partial charge in [-0.25, -0.2) is 4.39 Å². The molecule has 0 saturated heterocycles. The Labute approximate surface area is 148 Å². The number of hydrogen-bond donors (Lipinski definition) is 2. The van der Waals surface area contributed by atoms with Gasteiger partial charge in [-0.15, -0.1) is 0 Å². The summed E-state index contributed by atoms with van der Waals surface area (Å²) >= 11 is 3.50. The monoisotopic (exact) mass is 388 g/mol. The Morgan fingerprint density at radius 1 is 1.25 bits per heavy atom. The van der Waals surface area contributed by atoms with E-state index in [0.29, 0.717) is 6.54 Å². The van der Waals surface area contributed by atoms with Crippen LogP contribution in [0, 0.1) is 12.7 Å². The van der Waals surface area contributed by atoms with Crippen LogP contribution in [0.25, 0.3) is 10.9 Å². The van der Waals surface area contributed by atoms with Gasteiger partial charge in [-0.2, -0.15) is 0 Å². The van der Waals surface area contributed by atoms with Crippen molar-refractivity contribution >= 4 is 32.7 Å². The molecule has 24 heavy (non-hydrogen) atoms. The van der Waals surface area contributed by atoms with Gasteiger partial charge in [0.05, 0.1) is 6.42 Å². The highest BCUT2D eigenvalue weighted by Crippen LogP contribution is 2.23. The molecule has 124 valence electrons. The smallest absolute Gasteiger partial charge is 0.224 e. The molecule has 1 heterocycles. The lowest BCUT2D eigenvalue weighted by Gasteiger charge is -2.07. The van der Waals surface area contributed by atoms with E-state index in [4.69, 9.17) is 0 Å². The van der Waals surface area contributed by atoms with Crippen molar-refractivity contribution in [3.8, 4) is 0 Å². The van der Waals surface area contributed by atoms with E-state index in [1.54, 1.807) is 6.07 Å². The van der Waals surface area contributed by atoms with Crippen molar-refractivity contribution in [2.45, 2.75) is 19.8 Å². The predicted octanol–water partition coefficient (Wildman–Crippen LogP) is 4.28. The Bertz CT molecular complexity index is 888. The summed E-state index contributed by atoms with van der Waals surface area (Å²) in [4.78, 5) is 15.4. The minimum atomic E-state index is -0.294. The minimum absolute atomic E-state index is 0.0599. The second-order valence-electron chi connectivity index (χ2n) is 5.79. The van der Waals surface area contributed by atoms with Gasteiger partial charge in [-0.3, -0.25) is 4.79 Å². The van der Waals surface area contributed by atoms with Crippen LogP contribution < -0.4 is 5.32 Å². The first kappa shape index (κ1) is 16.7. The second kappa shape index (κ2) is 7.18. The number of halogens is 2. The van der Waals surface area contributed by atoms with Crippen LogP contribution in [0.3, 0.4) is 0 Å². The number of rotatable bonds is 5. The predicted molar refractivity (Wildman–Crippen MR) is 97.6 cm³/mol. The van der Waals surface area contributed by atoms with Crippen LogP contribution >= 0.6 is 15.9 Å². The summed E-state index contributed by atoms with van der Waals surface area (Å²) in [6.07, 6.45) is 1.000. The van der Waals surface area contributed by atoms with Crippen LogP contribution in [0.5, 0.6) is 0 Å². The van der Waals surface area contributed by atoms with Crippen molar-refractivity contribution in [2.24, 2.45) is 0 Å². The maximum absolute atomic E-state index is 13.5. The summed E-state index contributed by atoms with van der Waals surface area (Å²) < 4.78 is 14.5. The number of amides is 1. The van der Waals surface area contributed by atoms with E-state index < -0.39 is 0 Å². The molecule has 0 atom stereocenters. The van der Waals surface area contributed by atoms with Crippen molar-refractivity contribution in [2.75, 3.05) is 6.54 Å². The maximum Gasteiger partial charge on any atom is 0.224 e. The molecule has 2 aromatic carbocycles. The van der Waals surface area contributed by atoms with Gasteiger partial charge in [0.15, 0.2) is 0 Å². The molecule has 3 aromatic rings. The normalized spacial score (nSPS) is 11.0. The molecule has 0 radical (unpaired) electrons. The highest BCUT2D eigenvalue weighted by Gasteiger charge is 2.13. The molecule has 2 N–H and O–H groups in total. The van der Waals surface area contributed by atoms with Gasteiger partial charge in [0.25, 0.3) is 0 Å². The summed E-state index contributed by atoms with van der Waals surface area (Å²) in [6.45, 7) is 2.47. The van der Waals surface area contributed by atoms with E-state index in [1.807, 2.05) is 31.2 Å². The number of fused-ring (bicyclic) bond motifs is 1. The average molecular weight is 389 g/mol. The van der Waals surface area contributed by atoms with Crippen molar-refractivity contribution in [3.05, 3.63) is 69.6 Å². The zero-order chi connectivity index (χ0) is 17.1. The molecule has 0 spiro atoms. The van der Waals surface area contributed by atoms with Crippen LogP contribution in [0.1, 0.15) is 16.8 Å². The molecule has 0 saturated carbocycles. The topological polar surface area (TPSA) is 44.9 Å². The van der Waals surface area contributed by atoms with Gasteiger partial charge in [0, 0.05) is 27.6 Å². The first-order valence-electron chi connectivity index (χ1n) is 7.81. The molecule has 1 amide bonds. The molecule has 5 heteroatoms. The van der Waals surface area contributed by atoms with Gasteiger partial charge in [-0.1, -0.05) is 34.1 Å². The van der Waals surface area contributed by atoms with Crippen LogP contribution in [0.2, 0.25) is 0 Å². The Balaban J connectivity index is 1.64. The molecule has 0 aliphatic rings. The van der Waals surface area contributed by atoms with Crippen LogP contribution in [-0.4, -0.2) is 17.4 Å². The van der Waals surface area contributed by atoms with E-state index in [2.05, 4.69) is 26.2 Å². The molecule has 0 fully saturated rings. The number of aromatic amines is 1. The Kier molecular flexibility index (Phi) is 5.00. The van der Waals surface area contributed by atoms with Crippen LogP contribution in [-0.2, 0) is 17.6 Å². The number of benzene rings is 2. The molecule has 0 unspecified atom stereocenters. The standard InChI is InChI=1S/C19H18BrFN2O/c1-12-15(16-10-14(21)6-7-18(16)23-12)11-19(24)22-9-8-13-4-2-3-5-17(13)20/h2-7,10,23H,8-9,11H2,1H3,(H,22,24). The van der Waals surface area contributed by atoms with E-state index in [9.17, 15) is 9.18 Å². The Hall–Kier alpha value is -2.14. The fourth-order valence-corrected chi connectivity index (χ4v) is 3.33. The fourth-order valence-electron chi connectivity index (χ4n) is 2.84. The third-order valence-electron chi connectivity index (χ3n) is 4.09. The van der Waals surface area contributed by atoms with Crippen molar-refractivity contribution in [1.82, 2.24) is 10.3 Å². The minimum Gasteiger partial charge on any atom is -0.358 e. The summed E-state index contributed by atoms with van der Waals surface area (Å²) in [6, 6.07) is 12.6. The van der Waals surface area contributed by atoms with Gasteiger partial charge in [0.1, 0.15) is 5.82 Å². The number of aromatic nitrogens is 1. The van der Waals surface area contributed by atoms with Crippen molar-refractivity contribution in [1.29, 1.82) is 0 Å². The molecular formula is C19H18BrFN2O. The number of hydrogen-bond acceptors (Lipinski definition) is 1. The number of carbonyl (C=O) groups is 1. The van der Waals surface area contributed by atoms with Crippen molar-refractivity contribution in [3.63, 3.8) is 0 Å². The largest absolute Gasteiger partial charge is 0.358 e. The highest BCUT2D eigenvalue weighted by atomic mass is 79.9. The van der Waals surface area contributed by atoms with E-state index >= 15 is 0 Å². The third kappa shape index (κ3) is 3.67. The molecule has 3 nitrogen and oxygen atoms in total. The second-order valence-corrected chi connectivity index (χ2v) is 6.64.